The number of ether oxygens (including phenoxy) is 1. The molecule has 3 rings (SSSR count). The van der Waals surface area contributed by atoms with Crippen molar-refractivity contribution in [2.75, 3.05) is 13.7 Å². The molecule has 1 aromatic carbocycles. The second kappa shape index (κ2) is 8.14. The summed E-state index contributed by atoms with van der Waals surface area (Å²) < 4.78 is 6.90. The molecule has 0 aliphatic carbocycles. The third-order valence-electron chi connectivity index (χ3n) is 4.25. The number of hydrogen-bond donors (Lipinski definition) is 1. The van der Waals surface area contributed by atoms with Gasteiger partial charge >= 0.3 is 0 Å². The smallest absolute Gasteiger partial charge is 0.262 e. The van der Waals surface area contributed by atoms with Crippen LogP contribution in [0.5, 0.6) is 5.75 Å². The zero-order valence-electron chi connectivity index (χ0n) is 14.8. The highest BCUT2D eigenvalue weighted by atomic mass is 32.1. The van der Waals surface area contributed by atoms with E-state index in [1.165, 1.54) is 11.3 Å². The number of carbonyl (C=O) groups excluding carboxylic acids is 1. The maximum atomic E-state index is 12.5. The summed E-state index contributed by atoms with van der Waals surface area (Å²) >= 11 is 1.46. The molecule has 3 aromatic rings. The molecule has 0 radical (unpaired) electrons. The lowest BCUT2D eigenvalue weighted by molar-refractivity contribution is -0.121. The predicted octanol–water partition coefficient (Wildman–Crippen LogP) is 2.52. The number of methoxy groups -OCH3 is 1. The first-order valence-corrected chi connectivity index (χ1v) is 9.31. The van der Waals surface area contributed by atoms with E-state index in [9.17, 15) is 9.59 Å². The van der Waals surface area contributed by atoms with Crippen LogP contribution in [-0.4, -0.2) is 29.1 Å². The van der Waals surface area contributed by atoms with E-state index in [2.05, 4.69) is 10.3 Å². The Bertz CT molecular complexity index is 978. The van der Waals surface area contributed by atoms with Crippen LogP contribution in [-0.2, 0) is 17.8 Å². The highest BCUT2D eigenvalue weighted by Crippen LogP contribution is 2.18. The monoisotopic (exact) mass is 371 g/mol. The molecule has 0 atom stereocenters. The van der Waals surface area contributed by atoms with Crippen LogP contribution in [0.3, 0.4) is 0 Å². The van der Waals surface area contributed by atoms with Crippen molar-refractivity contribution in [2.24, 2.45) is 0 Å². The van der Waals surface area contributed by atoms with E-state index in [-0.39, 0.29) is 11.5 Å². The molecule has 0 spiro atoms. The Kier molecular flexibility index (Phi) is 5.68. The number of benzene rings is 1. The maximum absolute atomic E-state index is 12.5. The van der Waals surface area contributed by atoms with Gasteiger partial charge < -0.3 is 10.1 Å². The van der Waals surface area contributed by atoms with Gasteiger partial charge in [-0.2, -0.15) is 0 Å². The minimum absolute atomic E-state index is 0.0498. The lowest BCUT2D eigenvalue weighted by Gasteiger charge is -2.11. The Morgan fingerprint density at radius 2 is 2.12 bits per heavy atom. The van der Waals surface area contributed by atoms with Gasteiger partial charge in [0.2, 0.25) is 5.91 Å². The SMILES string of the molecule is COc1ccccc1CCC(=O)NCCn1c(C)nc2sccc2c1=O. The standard InChI is InChI=1S/C19H21N3O3S/c1-13-21-18-15(9-12-26-18)19(24)22(13)11-10-20-17(23)8-7-14-5-3-4-6-16(14)25-2/h3-6,9,12H,7-8,10-11H2,1-2H3,(H,20,23). The Balaban J connectivity index is 1.55. The number of nitrogens with zero attached hydrogens (tertiary/aromatic N) is 2. The van der Waals surface area contributed by atoms with Crippen LogP contribution in [0.4, 0.5) is 0 Å². The first-order chi connectivity index (χ1) is 12.6. The summed E-state index contributed by atoms with van der Waals surface area (Å²) in [6.07, 6.45) is 0.979. The molecule has 0 aliphatic heterocycles. The van der Waals surface area contributed by atoms with E-state index in [1.807, 2.05) is 36.6 Å². The molecule has 0 saturated carbocycles. The molecule has 136 valence electrons. The third-order valence-corrected chi connectivity index (χ3v) is 5.05. The van der Waals surface area contributed by atoms with Gasteiger partial charge in [-0.25, -0.2) is 4.98 Å². The number of aryl methyl sites for hydroxylation is 2. The van der Waals surface area contributed by atoms with Gasteiger partial charge in [0.25, 0.3) is 5.56 Å². The largest absolute Gasteiger partial charge is 0.496 e. The summed E-state index contributed by atoms with van der Waals surface area (Å²) in [6.45, 7) is 2.61. The fourth-order valence-electron chi connectivity index (χ4n) is 2.87. The number of amides is 1. The number of thiophene rings is 1. The van der Waals surface area contributed by atoms with Gasteiger partial charge in [-0.05, 0) is 36.4 Å². The molecule has 1 N–H and O–H groups in total. The summed E-state index contributed by atoms with van der Waals surface area (Å²) in [6, 6.07) is 9.46. The van der Waals surface area contributed by atoms with E-state index >= 15 is 0 Å². The number of nitrogens with one attached hydrogen (secondary N) is 1. The number of rotatable bonds is 7. The van der Waals surface area contributed by atoms with Crippen molar-refractivity contribution in [3.63, 3.8) is 0 Å². The highest BCUT2D eigenvalue weighted by Gasteiger charge is 2.10. The molecule has 0 fully saturated rings. The highest BCUT2D eigenvalue weighted by molar-refractivity contribution is 7.16. The zero-order valence-corrected chi connectivity index (χ0v) is 15.6. The van der Waals surface area contributed by atoms with E-state index < -0.39 is 0 Å². The second-order valence-electron chi connectivity index (χ2n) is 5.92. The van der Waals surface area contributed by atoms with Crippen LogP contribution in [0.25, 0.3) is 10.2 Å². The van der Waals surface area contributed by atoms with Gasteiger partial charge in [0.1, 0.15) is 16.4 Å². The Hall–Kier alpha value is -2.67. The van der Waals surface area contributed by atoms with Crippen molar-refractivity contribution in [2.45, 2.75) is 26.3 Å². The predicted molar refractivity (Wildman–Crippen MR) is 103 cm³/mol. The van der Waals surface area contributed by atoms with Crippen LogP contribution >= 0.6 is 11.3 Å². The van der Waals surface area contributed by atoms with Crippen molar-refractivity contribution < 1.29 is 9.53 Å². The molecule has 1 amide bonds. The molecule has 7 heteroatoms. The van der Waals surface area contributed by atoms with E-state index in [1.54, 1.807) is 17.7 Å². The summed E-state index contributed by atoms with van der Waals surface area (Å²) in [7, 11) is 1.62. The quantitative estimate of drug-likeness (QED) is 0.693. The summed E-state index contributed by atoms with van der Waals surface area (Å²) in [5, 5.41) is 5.36. The Morgan fingerprint density at radius 1 is 1.31 bits per heavy atom. The molecule has 0 aliphatic rings. The van der Waals surface area contributed by atoms with Crippen molar-refractivity contribution >= 4 is 27.5 Å². The molecule has 0 saturated heterocycles. The molecule has 0 unspecified atom stereocenters. The van der Waals surface area contributed by atoms with Crippen LogP contribution in [0.15, 0.2) is 40.5 Å². The number of carbonyl (C=O) groups is 1. The average molecular weight is 371 g/mol. The molecular formula is C19H21N3O3S. The molecular weight excluding hydrogens is 350 g/mol. The third kappa shape index (κ3) is 3.94. The fourth-order valence-corrected chi connectivity index (χ4v) is 3.67. The first-order valence-electron chi connectivity index (χ1n) is 8.43. The Morgan fingerprint density at radius 3 is 2.92 bits per heavy atom. The number of hydrogen-bond acceptors (Lipinski definition) is 5. The maximum Gasteiger partial charge on any atom is 0.262 e. The molecule has 6 nitrogen and oxygen atoms in total. The molecule has 26 heavy (non-hydrogen) atoms. The van der Waals surface area contributed by atoms with Crippen molar-refractivity contribution in [3.8, 4) is 5.75 Å². The van der Waals surface area contributed by atoms with Crippen molar-refractivity contribution in [3.05, 3.63) is 57.5 Å². The lowest BCUT2D eigenvalue weighted by Crippen LogP contribution is -2.32. The van der Waals surface area contributed by atoms with Gasteiger partial charge in [-0.15, -0.1) is 11.3 Å². The zero-order chi connectivity index (χ0) is 18.5. The number of para-hydroxylation sites is 1. The van der Waals surface area contributed by atoms with Crippen molar-refractivity contribution in [1.82, 2.24) is 14.9 Å². The van der Waals surface area contributed by atoms with Gasteiger partial charge in [-0.1, -0.05) is 18.2 Å². The topological polar surface area (TPSA) is 73.2 Å². The van der Waals surface area contributed by atoms with Crippen LogP contribution < -0.4 is 15.6 Å². The van der Waals surface area contributed by atoms with Crippen molar-refractivity contribution in [1.29, 1.82) is 0 Å². The van der Waals surface area contributed by atoms with Crippen LogP contribution in [0.1, 0.15) is 17.8 Å². The molecule has 2 aromatic heterocycles. The minimum atomic E-state index is -0.0583. The lowest BCUT2D eigenvalue weighted by atomic mass is 10.1. The van der Waals surface area contributed by atoms with Gasteiger partial charge in [-0.3, -0.25) is 14.2 Å². The molecule has 0 bridgehead atoms. The Labute approximate surface area is 155 Å². The number of fused-ring (bicyclic) bond motifs is 1. The van der Waals surface area contributed by atoms with Crippen LogP contribution in [0, 0.1) is 6.92 Å². The van der Waals surface area contributed by atoms with Crippen LogP contribution in [0.2, 0.25) is 0 Å². The minimum Gasteiger partial charge on any atom is -0.496 e. The van der Waals surface area contributed by atoms with Gasteiger partial charge in [0, 0.05) is 19.5 Å². The number of aromatic nitrogens is 2. The van der Waals surface area contributed by atoms with E-state index in [4.69, 9.17) is 4.74 Å². The second-order valence-corrected chi connectivity index (χ2v) is 6.81. The van der Waals surface area contributed by atoms with E-state index in [0.717, 1.165) is 16.1 Å². The summed E-state index contributed by atoms with van der Waals surface area (Å²) in [4.78, 5) is 29.8. The van der Waals surface area contributed by atoms with E-state index in [0.29, 0.717) is 37.1 Å². The fraction of sp³-hybridized carbons (Fsp3) is 0.316. The normalized spacial score (nSPS) is 10.8. The molecule has 2 heterocycles. The van der Waals surface area contributed by atoms with Gasteiger partial charge in [0.15, 0.2) is 0 Å². The summed E-state index contributed by atoms with van der Waals surface area (Å²) in [5.41, 5.74) is 0.946. The average Bonchev–Trinajstić information content (AvgIpc) is 3.11. The first kappa shape index (κ1) is 18.1. The van der Waals surface area contributed by atoms with Gasteiger partial charge in [0.05, 0.1) is 12.5 Å². The summed E-state index contributed by atoms with van der Waals surface area (Å²) in [5.74, 6) is 1.40.